The van der Waals surface area contributed by atoms with Crippen molar-refractivity contribution < 1.29 is 14.5 Å². The molecule has 1 aliphatic rings. The van der Waals surface area contributed by atoms with Gasteiger partial charge in [0, 0.05) is 11.3 Å². The maximum Gasteiger partial charge on any atom is 0.325 e. The van der Waals surface area contributed by atoms with Gasteiger partial charge in [0.1, 0.15) is 5.54 Å². The van der Waals surface area contributed by atoms with Crippen molar-refractivity contribution in [3.05, 3.63) is 34.4 Å². The molecule has 0 heterocycles. The molecule has 0 spiro atoms. The van der Waals surface area contributed by atoms with E-state index in [0.717, 1.165) is 6.42 Å². The molecule has 0 aliphatic heterocycles. The summed E-state index contributed by atoms with van der Waals surface area (Å²) in [5, 5.41) is 11.1. The van der Waals surface area contributed by atoms with E-state index in [-0.39, 0.29) is 10.9 Å². The molecule has 2 N–H and O–H groups in total. The summed E-state index contributed by atoms with van der Waals surface area (Å²) < 4.78 is 4.72. The Labute approximate surface area is 120 Å². The van der Waals surface area contributed by atoms with E-state index in [1.807, 2.05) is 0 Å². The number of thioether (sulfide) groups is 1. The highest BCUT2D eigenvalue weighted by atomic mass is 32.2. The zero-order chi connectivity index (χ0) is 14.8. The van der Waals surface area contributed by atoms with Crippen LogP contribution in [-0.4, -0.2) is 28.8 Å². The van der Waals surface area contributed by atoms with E-state index < -0.39 is 16.4 Å². The van der Waals surface area contributed by atoms with E-state index in [1.165, 1.54) is 24.9 Å². The maximum absolute atomic E-state index is 11.6. The summed E-state index contributed by atoms with van der Waals surface area (Å²) >= 11 is 1.41. The number of nitrogens with zero attached hydrogens (tertiary/aromatic N) is 1. The molecule has 0 amide bonds. The third kappa shape index (κ3) is 2.94. The summed E-state index contributed by atoms with van der Waals surface area (Å²) in [5.74, 6) is -0.414. The van der Waals surface area contributed by atoms with Gasteiger partial charge in [-0.05, 0) is 25.3 Å². The fourth-order valence-corrected chi connectivity index (χ4v) is 3.80. The molecule has 1 aromatic rings. The molecule has 2 rings (SSSR count). The Kier molecular flexibility index (Phi) is 4.29. The van der Waals surface area contributed by atoms with Crippen molar-refractivity contribution in [1.82, 2.24) is 0 Å². The number of nitrogens with two attached hydrogens (primary N) is 1. The van der Waals surface area contributed by atoms with Crippen LogP contribution >= 0.6 is 11.8 Å². The number of ether oxygens (including phenoxy) is 1. The monoisotopic (exact) mass is 296 g/mol. The Hall–Kier alpha value is -1.60. The van der Waals surface area contributed by atoms with Crippen LogP contribution in [0.1, 0.15) is 19.3 Å². The molecule has 20 heavy (non-hydrogen) atoms. The predicted molar refractivity (Wildman–Crippen MR) is 75.5 cm³/mol. The van der Waals surface area contributed by atoms with Crippen LogP contribution in [0.5, 0.6) is 0 Å². The number of hydrogen-bond donors (Lipinski definition) is 1. The molecule has 1 fully saturated rings. The number of nitro groups is 1. The van der Waals surface area contributed by atoms with E-state index in [1.54, 1.807) is 18.2 Å². The Morgan fingerprint density at radius 1 is 1.55 bits per heavy atom. The van der Waals surface area contributed by atoms with Gasteiger partial charge in [0.15, 0.2) is 0 Å². The summed E-state index contributed by atoms with van der Waals surface area (Å²) in [6, 6.07) is 6.60. The predicted octanol–water partition coefficient (Wildman–Crippen LogP) is 2.11. The van der Waals surface area contributed by atoms with Crippen LogP contribution in [0.3, 0.4) is 0 Å². The molecule has 0 radical (unpaired) electrons. The van der Waals surface area contributed by atoms with Crippen LogP contribution in [0.15, 0.2) is 29.2 Å². The van der Waals surface area contributed by atoms with Gasteiger partial charge in [-0.2, -0.15) is 0 Å². The zero-order valence-corrected chi connectivity index (χ0v) is 11.9. The quantitative estimate of drug-likeness (QED) is 0.519. The molecule has 0 saturated heterocycles. The fourth-order valence-electron chi connectivity index (χ4n) is 2.41. The summed E-state index contributed by atoms with van der Waals surface area (Å²) in [6.07, 6.45) is 1.75. The van der Waals surface area contributed by atoms with Crippen molar-refractivity contribution in [3.8, 4) is 0 Å². The molecule has 2 unspecified atom stereocenters. The van der Waals surface area contributed by atoms with E-state index in [2.05, 4.69) is 0 Å². The third-order valence-electron chi connectivity index (χ3n) is 3.45. The first-order chi connectivity index (χ1) is 9.46. The van der Waals surface area contributed by atoms with Gasteiger partial charge in [0.2, 0.25) is 0 Å². The van der Waals surface area contributed by atoms with E-state index in [0.29, 0.717) is 17.7 Å². The minimum atomic E-state index is -0.962. The molecule has 0 aromatic heterocycles. The highest BCUT2D eigenvalue weighted by molar-refractivity contribution is 8.00. The Balaban J connectivity index is 2.10. The molecule has 1 aliphatic carbocycles. The molecule has 0 bridgehead atoms. The summed E-state index contributed by atoms with van der Waals surface area (Å²) in [5.41, 5.74) is 5.16. The Morgan fingerprint density at radius 3 is 2.90 bits per heavy atom. The standard InChI is InChI=1S/C13H16N2O4S/c1-19-12(16)13(14)7-6-9(8-13)20-11-5-3-2-4-10(11)15(17)18/h2-5,9H,6-8,14H2,1H3. The lowest BCUT2D eigenvalue weighted by Crippen LogP contribution is -2.46. The smallest absolute Gasteiger partial charge is 0.325 e. The number of methoxy groups -OCH3 is 1. The first kappa shape index (κ1) is 14.8. The second-order valence-electron chi connectivity index (χ2n) is 4.86. The van der Waals surface area contributed by atoms with Gasteiger partial charge in [-0.1, -0.05) is 12.1 Å². The van der Waals surface area contributed by atoms with E-state index in [4.69, 9.17) is 10.5 Å². The van der Waals surface area contributed by atoms with E-state index in [9.17, 15) is 14.9 Å². The summed E-state index contributed by atoms with van der Waals surface area (Å²) in [4.78, 5) is 22.8. The normalized spacial score (nSPS) is 25.4. The Morgan fingerprint density at radius 2 is 2.25 bits per heavy atom. The molecular weight excluding hydrogens is 280 g/mol. The number of esters is 1. The zero-order valence-electron chi connectivity index (χ0n) is 11.1. The fraction of sp³-hybridized carbons (Fsp3) is 0.462. The first-order valence-corrected chi connectivity index (χ1v) is 7.11. The van der Waals surface area contributed by atoms with Gasteiger partial charge in [-0.15, -0.1) is 11.8 Å². The van der Waals surface area contributed by atoms with Crippen LogP contribution in [0, 0.1) is 10.1 Å². The third-order valence-corrected chi connectivity index (χ3v) is 4.79. The molecule has 7 heteroatoms. The SMILES string of the molecule is COC(=O)C1(N)CCC(Sc2ccccc2[N+](=O)[O-])C1. The first-order valence-electron chi connectivity index (χ1n) is 6.23. The topological polar surface area (TPSA) is 95.5 Å². The van der Waals surface area contributed by atoms with Gasteiger partial charge in [-0.3, -0.25) is 14.9 Å². The number of carbonyl (C=O) groups is 1. The minimum Gasteiger partial charge on any atom is -0.468 e. The van der Waals surface area contributed by atoms with Crippen molar-refractivity contribution >= 4 is 23.4 Å². The molecule has 1 aromatic carbocycles. The average Bonchev–Trinajstić information content (AvgIpc) is 2.81. The number of hydrogen-bond acceptors (Lipinski definition) is 6. The van der Waals surface area contributed by atoms with Crippen molar-refractivity contribution in [2.24, 2.45) is 5.73 Å². The highest BCUT2D eigenvalue weighted by Crippen LogP contribution is 2.42. The van der Waals surface area contributed by atoms with Gasteiger partial charge < -0.3 is 10.5 Å². The molecule has 6 nitrogen and oxygen atoms in total. The Bertz CT molecular complexity index is 537. The molecule has 2 atom stereocenters. The maximum atomic E-state index is 11.6. The van der Waals surface area contributed by atoms with Crippen molar-refractivity contribution in [1.29, 1.82) is 0 Å². The van der Waals surface area contributed by atoms with Crippen molar-refractivity contribution in [2.75, 3.05) is 7.11 Å². The number of nitro benzene ring substituents is 1. The van der Waals surface area contributed by atoms with Gasteiger partial charge in [0.25, 0.3) is 5.69 Å². The number of benzene rings is 1. The number of rotatable bonds is 4. The lowest BCUT2D eigenvalue weighted by Gasteiger charge is -2.20. The highest BCUT2D eigenvalue weighted by Gasteiger charge is 2.43. The largest absolute Gasteiger partial charge is 0.468 e. The van der Waals surface area contributed by atoms with Crippen LogP contribution in [0.25, 0.3) is 0 Å². The molecule has 1 saturated carbocycles. The van der Waals surface area contributed by atoms with Crippen LogP contribution < -0.4 is 5.73 Å². The van der Waals surface area contributed by atoms with E-state index >= 15 is 0 Å². The van der Waals surface area contributed by atoms with Crippen LogP contribution in [0.4, 0.5) is 5.69 Å². The lowest BCUT2D eigenvalue weighted by molar-refractivity contribution is -0.387. The van der Waals surface area contributed by atoms with Crippen molar-refractivity contribution in [3.63, 3.8) is 0 Å². The van der Waals surface area contributed by atoms with Crippen molar-refractivity contribution in [2.45, 2.75) is 34.9 Å². The number of para-hydroxylation sites is 1. The lowest BCUT2D eigenvalue weighted by atomic mass is 10.00. The second-order valence-corrected chi connectivity index (χ2v) is 6.20. The molecular formula is C13H16N2O4S. The average molecular weight is 296 g/mol. The minimum absolute atomic E-state index is 0.0835. The molecule has 108 valence electrons. The summed E-state index contributed by atoms with van der Waals surface area (Å²) in [7, 11) is 1.32. The number of carbonyl (C=O) groups excluding carboxylic acids is 1. The van der Waals surface area contributed by atoms with Gasteiger partial charge in [0.05, 0.1) is 16.9 Å². The second kappa shape index (κ2) is 5.80. The van der Waals surface area contributed by atoms with Crippen LogP contribution in [0.2, 0.25) is 0 Å². The van der Waals surface area contributed by atoms with Crippen LogP contribution in [-0.2, 0) is 9.53 Å². The van der Waals surface area contributed by atoms with Gasteiger partial charge in [-0.25, -0.2) is 0 Å². The summed E-state index contributed by atoms with van der Waals surface area (Å²) in [6.45, 7) is 0. The van der Waals surface area contributed by atoms with Gasteiger partial charge >= 0.3 is 5.97 Å².